The monoisotopic (exact) mass is 478 g/mol. The minimum absolute atomic E-state index is 0.0947. The Hall–Kier alpha value is -4.99. The molecule has 0 aliphatic rings. The highest BCUT2D eigenvalue weighted by atomic mass is 19.1. The highest BCUT2D eigenvalue weighted by molar-refractivity contribution is 5.95. The van der Waals surface area contributed by atoms with E-state index in [2.05, 4.69) is 30.5 Å². The van der Waals surface area contributed by atoms with Gasteiger partial charge in [0.1, 0.15) is 16.9 Å². The third kappa shape index (κ3) is 3.74. The highest BCUT2D eigenvalue weighted by Crippen LogP contribution is 2.32. The zero-order chi connectivity index (χ0) is 24.6. The molecule has 36 heavy (non-hydrogen) atoms. The Labute approximate surface area is 203 Å². The fourth-order valence-corrected chi connectivity index (χ4v) is 4.04. The zero-order valence-electron chi connectivity index (χ0n) is 19.1. The van der Waals surface area contributed by atoms with Crippen molar-refractivity contribution in [1.82, 2.24) is 35.1 Å². The number of halogens is 1. The Morgan fingerprint density at radius 3 is 2.78 bits per heavy atom. The van der Waals surface area contributed by atoms with Crippen molar-refractivity contribution in [2.24, 2.45) is 0 Å². The molecule has 9 nitrogen and oxygen atoms in total. The van der Waals surface area contributed by atoms with E-state index < -0.39 is 0 Å². The SMILES string of the molecule is CCC(=O)Nc1cncc(-c2ccc3[nH]nc(-c4nc5c(-c6ccccc6F)ccnc5[nH]4)c3n2)c1. The summed E-state index contributed by atoms with van der Waals surface area (Å²) in [5, 5.41) is 10.2. The van der Waals surface area contributed by atoms with Gasteiger partial charge in [-0.3, -0.25) is 14.9 Å². The smallest absolute Gasteiger partial charge is 0.224 e. The maximum absolute atomic E-state index is 14.5. The van der Waals surface area contributed by atoms with Crippen LogP contribution in [0.1, 0.15) is 13.3 Å². The molecule has 5 heterocycles. The molecule has 176 valence electrons. The molecule has 6 aromatic rings. The first-order valence-electron chi connectivity index (χ1n) is 11.3. The second kappa shape index (κ2) is 8.66. The standard InChI is InChI=1S/C26H19FN8O/c1-2-21(36)30-15-11-14(12-28-13-15)19-7-8-20-23(31-19)24(35-34-20)26-32-22-17(9-10-29-25(22)33-26)16-5-3-4-6-18(16)27/h3-13H,2H2,1H3,(H,30,36)(H,34,35)(H,29,32,33). The molecule has 0 aliphatic carbocycles. The lowest BCUT2D eigenvalue weighted by molar-refractivity contribution is -0.115. The summed E-state index contributed by atoms with van der Waals surface area (Å²) in [6, 6.07) is 13.8. The fraction of sp³-hybridized carbons (Fsp3) is 0.0769. The predicted molar refractivity (Wildman–Crippen MR) is 134 cm³/mol. The van der Waals surface area contributed by atoms with E-state index in [1.807, 2.05) is 18.2 Å². The van der Waals surface area contributed by atoms with Crippen molar-refractivity contribution in [3.63, 3.8) is 0 Å². The zero-order valence-corrected chi connectivity index (χ0v) is 19.1. The number of fused-ring (bicyclic) bond motifs is 2. The number of hydrogen-bond donors (Lipinski definition) is 3. The molecule has 0 bridgehead atoms. The summed E-state index contributed by atoms with van der Waals surface area (Å²) in [5.74, 6) is 0.0269. The van der Waals surface area contributed by atoms with Crippen molar-refractivity contribution in [2.75, 3.05) is 5.32 Å². The van der Waals surface area contributed by atoms with Crippen LogP contribution in [0.25, 0.3) is 56.1 Å². The van der Waals surface area contributed by atoms with Crippen LogP contribution in [-0.2, 0) is 4.79 Å². The number of H-pyrrole nitrogens is 2. The number of aromatic nitrogens is 7. The van der Waals surface area contributed by atoms with Crippen molar-refractivity contribution in [2.45, 2.75) is 13.3 Å². The summed E-state index contributed by atoms with van der Waals surface area (Å²) in [4.78, 5) is 33.1. The van der Waals surface area contributed by atoms with E-state index >= 15 is 0 Å². The number of pyridine rings is 3. The summed E-state index contributed by atoms with van der Waals surface area (Å²) >= 11 is 0. The second-order valence-electron chi connectivity index (χ2n) is 8.15. The maximum atomic E-state index is 14.5. The number of aromatic amines is 2. The van der Waals surface area contributed by atoms with Crippen LogP contribution in [0.4, 0.5) is 10.1 Å². The molecule has 0 aliphatic heterocycles. The summed E-state index contributed by atoms with van der Waals surface area (Å²) < 4.78 is 14.5. The van der Waals surface area contributed by atoms with E-state index in [9.17, 15) is 9.18 Å². The Balaban J connectivity index is 1.44. The van der Waals surface area contributed by atoms with Crippen molar-refractivity contribution in [1.29, 1.82) is 0 Å². The van der Waals surface area contributed by atoms with Crippen molar-refractivity contribution < 1.29 is 9.18 Å². The Morgan fingerprint density at radius 1 is 1.03 bits per heavy atom. The van der Waals surface area contributed by atoms with Gasteiger partial charge in [0.2, 0.25) is 5.91 Å². The van der Waals surface area contributed by atoms with Gasteiger partial charge in [0.25, 0.3) is 0 Å². The maximum Gasteiger partial charge on any atom is 0.224 e. The van der Waals surface area contributed by atoms with Crippen LogP contribution in [0.3, 0.4) is 0 Å². The first-order chi connectivity index (χ1) is 17.6. The van der Waals surface area contributed by atoms with E-state index in [0.29, 0.717) is 57.1 Å². The number of anilines is 1. The van der Waals surface area contributed by atoms with E-state index in [1.54, 1.807) is 49.8 Å². The fourth-order valence-electron chi connectivity index (χ4n) is 4.04. The topological polar surface area (TPSA) is 125 Å². The number of rotatable bonds is 5. The molecule has 0 radical (unpaired) electrons. The van der Waals surface area contributed by atoms with E-state index in [0.717, 1.165) is 11.1 Å². The highest BCUT2D eigenvalue weighted by Gasteiger charge is 2.18. The summed E-state index contributed by atoms with van der Waals surface area (Å²) in [6.45, 7) is 1.79. The molecule has 0 fully saturated rings. The lowest BCUT2D eigenvalue weighted by Crippen LogP contribution is -2.09. The molecule has 3 N–H and O–H groups in total. The largest absolute Gasteiger partial charge is 0.325 e. The van der Waals surface area contributed by atoms with Gasteiger partial charge in [-0.05, 0) is 30.3 Å². The van der Waals surface area contributed by atoms with E-state index in [4.69, 9.17) is 9.97 Å². The van der Waals surface area contributed by atoms with Crippen LogP contribution < -0.4 is 5.32 Å². The van der Waals surface area contributed by atoms with Crippen molar-refractivity contribution >= 4 is 33.8 Å². The Bertz CT molecular complexity index is 1760. The third-order valence-corrected chi connectivity index (χ3v) is 5.82. The van der Waals surface area contributed by atoms with Gasteiger partial charge in [0.15, 0.2) is 17.2 Å². The van der Waals surface area contributed by atoms with Gasteiger partial charge in [-0.2, -0.15) is 5.10 Å². The van der Waals surface area contributed by atoms with Gasteiger partial charge in [-0.15, -0.1) is 0 Å². The second-order valence-corrected chi connectivity index (χ2v) is 8.15. The molecule has 0 saturated carbocycles. The summed E-state index contributed by atoms with van der Waals surface area (Å²) in [6.07, 6.45) is 5.26. The average molecular weight is 478 g/mol. The number of carbonyl (C=O) groups excluding carboxylic acids is 1. The molecule has 0 saturated heterocycles. The lowest BCUT2D eigenvalue weighted by Gasteiger charge is -2.06. The van der Waals surface area contributed by atoms with Crippen LogP contribution in [-0.4, -0.2) is 41.0 Å². The first kappa shape index (κ1) is 21.5. The average Bonchev–Trinajstić information content (AvgIpc) is 3.52. The van der Waals surface area contributed by atoms with Crippen molar-refractivity contribution in [3.8, 4) is 33.9 Å². The minimum atomic E-state index is -0.336. The molecule has 0 unspecified atom stereocenters. The van der Waals surface area contributed by atoms with Gasteiger partial charge < -0.3 is 10.3 Å². The lowest BCUT2D eigenvalue weighted by atomic mass is 10.1. The quantitative estimate of drug-likeness (QED) is 0.316. The van der Waals surface area contributed by atoms with Crippen LogP contribution in [0.2, 0.25) is 0 Å². The summed E-state index contributed by atoms with van der Waals surface area (Å²) in [5.41, 5.74) is 5.95. The molecule has 10 heteroatoms. The van der Waals surface area contributed by atoms with Gasteiger partial charge in [-0.25, -0.2) is 19.3 Å². The number of benzene rings is 1. The number of nitrogens with one attached hydrogen (secondary N) is 3. The summed E-state index contributed by atoms with van der Waals surface area (Å²) in [7, 11) is 0. The normalized spacial score (nSPS) is 11.3. The number of hydrogen-bond acceptors (Lipinski definition) is 6. The van der Waals surface area contributed by atoms with E-state index in [1.165, 1.54) is 6.07 Å². The number of carbonyl (C=O) groups is 1. The molecule has 0 spiro atoms. The molecule has 5 aromatic heterocycles. The van der Waals surface area contributed by atoms with Crippen LogP contribution >= 0.6 is 0 Å². The van der Waals surface area contributed by atoms with Crippen LogP contribution in [0.15, 0.2) is 67.1 Å². The number of nitrogens with zero attached hydrogens (tertiary/aromatic N) is 5. The van der Waals surface area contributed by atoms with Gasteiger partial charge in [0, 0.05) is 35.5 Å². The van der Waals surface area contributed by atoms with Gasteiger partial charge >= 0.3 is 0 Å². The molecule has 1 amide bonds. The molecular formula is C26H19FN8O. The Morgan fingerprint density at radius 2 is 1.92 bits per heavy atom. The molecule has 0 atom stereocenters. The molecule has 6 rings (SSSR count). The van der Waals surface area contributed by atoms with Crippen molar-refractivity contribution in [3.05, 3.63) is 72.9 Å². The van der Waals surface area contributed by atoms with Crippen LogP contribution in [0.5, 0.6) is 0 Å². The number of amides is 1. The minimum Gasteiger partial charge on any atom is -0.325 e. The predicted octanol–water partition coefficient (Wildman–Crippen LogP) is 5.11. The third-order valence-electron chi connectivity index (χ3n) is 5.82. The molecule has 1 aromatic carbocycles. The van der Waals surface area contributed by atoms with Gasteiger partial charge in [0.05, 0.1) is 23.1 Å². The Kier molecular flexibility index (Phi) is 5.18. The first-order valence-corrected chi connectivity index (χ1v) is 11.3. The molecular weight excluding hydrogens is 459 g/mol. The van der Waals surface area contributed by atoms with E-state index in [-0.39, 0.29) is 11.7 Å². The van der Waals surface area contributed by atoms with Gasteiger partial charge in [-0.1, -0.05) is 25.1 Å². The van der Waals surface area contributed by atoms with Crippen LogP contribution in [0, 0.1) is 5.82 Å². The number of imidazole rings is 1.